The number of carboxylic acid groups (broad SMARTS) is 1. The maximum Gasteiger partial charge on any atom is 0.303 e. The highest BCUT2D eigenvalue weighted by atomic mass is 32.2. The van der Waals surface area contributed by atoms with Crippen molar-refractivity contribution in [3.8, 4) is 0 Å². The van der Waals surface area contributed by atoms with Gasteiger partial charge in [0.2, 0.25) is 5.91 Å². The van der Waals surface area contributed by atoms with Crippen LogP contribution in [0, 0.1) is 0 Å². The van der Waals surface area contributed by atoms with Crippen molar-refractivity contribution in [1.29, 1.82) is 0 Å². The largest absolute Gasteiger partial charge is 0.481 e. The first-order valence-electron chi connectivity index (χ1n) is 6.79. The Bertz CT molecular complexity index is 422. The molecule has 2 N–H and O–H groups in total. The van der Waals surface area contributed by atoms with Crippen LogP contribution in [0.3, 0.4) is 0 Å². The number of benzene rings is 1. The zero-order valence-corrected chi connectivity index (χ0v) is 12.5. The van der Waals surface area contributed by atoms with Gasteiger partial charge in [-0.1, -0.05) is 24.6 Å². The lowest BCUT2D eigenvalue weighted by atomic mass is 10.2. The number of carboxylic acids is 1. The summed E-state index contributed by atoms with van der Waals surface area (Å²) in [5, 5.41) is 11.3. The lowest BCUT2D eigenvalue weighted by Crippen LogP contribution is -2.22. The van der Waals surface area contributed by atoms with Gasteiger partial charge in [-0.3, -0.25) is 9.59 Å². The normalized spacial score (nSPS) is 11.8. The Labute approximate surface area is 124 Å². The van der Waals surface area contributed by atoms with Gasteiger partial charge in [0, 0.05) is 12.1 Å². The Morgan fingerprint density at radius 3 is 2.55 bits per heavy atom. The van der Waals surface area contributed by atoms with E-state index < -0.39 is 5.97 Å². The molecule has 0 heterocycles. The fraction of sp³-hybridized carbons (Fsp3) is 0.467. The highest BCUT2D eigenvalue weighted by molar-refractivity contribution is 8.00. The molecule has 0 bridgehead atoms. The van der Waals surface area contributed by atoms with Crippen molar-refractivity contribution in [1.82, 2.24) is 0 Å². The standard InChI is InChI=1S/C15H21NO3S/c1-12(20-11-7-3-6-10-14(17)18)15(19)16-13-8-4-2-5-9-13/h2,4-5,8-9,12H,3,6-7,10-11H2,1H3,(H,16,19)(H,17,18). The van der Waals surface area contributed by atoms with Crippen LogP contribution in [-0.2, 0) is 9.59 Å². The minimum Gasteiger partial charge on any atom is -0.481 e. The van der Waals surface area contributed by atoms with Gasteiger partial charge in [0.05, 0.1) is 5.25 Å². The quantitative estimate of drug-likeness (QED) is 0.685. The second-order valence-electron chi connectivity index (χ2n) is 4.57. The molecule has 5 heteroatoms. The summed E-state index contributed by atoms with van der Waals surface area (Å²) in [5.41, 5.74) is 0.811. The summed E-state index contributed by atoms with van der Waals surface area (Å²) in [5.74, 6) is 0.142. The molecule has 110 valence electrons. The highest BCUT2D eigenvalue weighted by Gasteiger charge is 2.12. The number of carbonyl (C=O) groups excluding carboxylic acids is 1. The van der Waals surface area contributed by atoms with E-state index >= 15 is 0 Å². The average molecular weight is 295 g/mol. The summed E-state index contributed by atoms with van der Waals surface area (Å²) in [7, 11) is 0. The summed E-state index contributed by atoms with van der Waals surface area (Å²) >= 11 is 1.60. The van der Waals surface area contributed by atoms with Gasteiger partial charge < -0.3 is 10.4 Å². The van der Waals surface area contributed by atoms with E-state index in [0.29, 0.717) is 6.42 Å². The maximum absolute atomic E-state index is 11.9. The van der Waals surface area contributed by atoms with E-state index in [0.717, 1.165) is 24.3 Å². The topological polar surface area (TPSA) is 66.4 Å². The molecule has 0 spiro atoms. The summed E-state index contributed by atoms with van der Waals surface area (Å²) in [4.78, 5) is 22.3. The average Bonchev–Trinajstić information content (AvgIpc) is 2.43. The Hall–Kier alpha value is -1.49. The van der Waals surface area contributed by atoms with Gasteiger partial charge in [-0.15, -0.1) is 11.8 Å². The zero-order chi connectivity index (χ0) is 14.8. The van der Waals surface area contributed by atoms with Crippen LogP contribution in [0.5, 0.6) is 0 Å². The van der Waals surface area contributed by atoms with Gasteiger partial charge >= 0.3 is 5.97 Å². The smallest absolute Gasteiger partial charge is 0.303 e. The molecule has 0 aromatic heterocycles. The number of carbonyl (C=O) groups is 2. The van der Waals surface area contributed by atoms with Crippen molar-refractivity contribution in [2.75, 3.05) is 11.1 Å². The summed E-state index contributed by atoms with van der Waals surface area (Å²) in [6, 6.07) is 9.40. The van der Waals surface area contributed by atoms with E-state index in [-0.39, 0.29) is 17.6 Å². The number of hydrogen-bond acceptors (Lipinski definition) is 3. The Morgan fingerprint density at radius 1 is 1.20 bits per heavy atom. The first-order valence-corrected chi connectivity index (χ1v) is 7.84. The van der Waals surface area contributed by atoms with Crippen molar-refractivity contribution >= 4 is 29.3 Å². The van der Waals surface area contributed by atoms with Crippen LogP contribution < -0.4 is 5.32 Å². The number of para-hydroxylation sites is 1. The third kappa shape index (κ3) is 7.19. The van der Waals surface area contributed by atoms with E-state index in [4.69, 9.17) is 5.11 Å². The van der Waals surface area contributed by atoms with Crippen LogP contribution in [0.15, 0.2) is 30.3 Å². The van der Waals surface area contributed by atoms with Crippen LogP contribution >= 0.6 is 11.8 Å². The molecule has 1 aromatic rings. The number of nitrogens with one attached hydrogen (secondary N) is 1. The van der Waals surface area contributed by atoms with Crippen molar-refractivity contribution < 1.29 is 14.7 Å². The number of anilines is 1. The van der Waals surface area contributed by atoms with Crippen LogP contribution in [0.4, 0.5) is 5.69 Å². The molecule has 1 aromatic carbocycles. The number of amides is 1. The molecule has 20 heavy (non-hydrogen) atoms. The monoisotopic (exact) mass is 295 g/mol. The Morgan fingerprint density at radius 2 is 1.90 bits per heavy atom. The molecular weight excluding hydrogens is 274 g/mol. The molecule has 1 rings (SSSR count). The Kier molecular flexibility index (Phi) is 7.80. The zero-order valence-electron chi connectivity index (χ0n) is 11.7. The molecule has 1 unspecified atom stereocenters. The molecule has 4 nitrogen and oxygen atoms in total. The molecule has 0 aliphatic rings. The second-order valence-corrected chi connectivity index (χ2v) is 6.02. The molecule has 0 saturated heterocycles. The minimum absolute atomic E-state index is 0.00624. The fourth-order valence-corrected chi connectivity index (χ4v) is 2.59. The van der Waals surface area contributed by atoms with Gasteiger partial charge in [-0.05, 0) is 37.7 Å². The van der Waals surface area contributed by atoms with Gasteiger partial charge in [0.25, 0.3) is 0 Å². The SMILES string of the molecule is CC(SCCCCCC(=O)O)C(=O)Nc1ccccc1. The molecule has 1 atom stereocenters. The molecule has 1 amide bonds. The fourth-order valence-electron chi connectivity index (χ4n) is 1.66. The third-order valence-corrected chi connectivity index (χ3v) is 4.05. The van der Waals surface area contributed by atoms with Crippen LogP contribution in [0.25, 0.3) is 0 Å². The van der Waals surface area contributed by atoms with E-state index in [1.165, 1.54) is 0 Å². The van der Waals surface area contributed by atoms with Crippen molar-refractivity contribution in [2.24, 2.45) is 0 Å². The second kappa shape index (κ2) is 9.42. The minimum atomic E-state index is -0.742. The van der Waals surface area contributed by atoms with Gasteiger partial charge in [-0.25, -0.2) is 0 Å². The predicted molar refractivity (Wildman–Crippen MR) is 83.1 cm³/mol. The van der Waals surface area contributed by atoms with E-state index in [9.17, 15) is 9.59 Å². The van der Waals surface area contributed by atoms with Crippen molar-refractivity contribution in [2.45, 2.75) is 37.9 Å². The highest BCUT2D eigenvalue weighted by Crippen LogP contribution is 2.16. The third-order valence-electron chi connectivity index (χ3n) is 2.81. The van der Waals surface area contributed by atoms with Crippen molar-refractivity contribution in [3.05, 3.63) is 30.3 Å². The lowest BCUT2D eigenvalue weighted by Gasteiger charge is -2.11. The van der Waals surface area contributed by atoms with Crippen LogP contribution in [-0.4, -0.2) is 28.0 Å². The van der Waals surface area contributed by atoms with E-state index in [1.807, 2.05) is 37.3 Å². The van der Waals surface area contributed by atoms with E-state index in [2.05, 4.69) is 5.32 Å². The predicted octanol–water partition coefficient (Wildman–Crippen LogP) is 3.39. The van der Waals surface area contributed by atoms with Crippen molar-refractivity contribution in [3.63, 3.8) is 0 Å². The number of rotatable bonds is 9. The number of aliphatic carboxylic acids is 1. The first kappa shape index (κ1) is 16.6. The number of hydrogen-bond donors (Lipinski definition) is 2. The summed E-state index contributed by atoms with van der Waals surface area (Å²) in [6.45, 7) is 1.89. The van der Waals surface area contributed by atoms with Gasteiger partial charge in [0.15, 0.2) is 0 Å². The molecule has 0 radical (unpaired) electrons. The summed E-state index contributed by atoms with van der Waals surface area (Å²) in [6.07, 6.45) is 2.78. The van der Waals surface area contributed by atoms with Crippen LogP contribution in [0.1, 0.15) is 32.6 Å². The van der Waals surface area contributed by atoms with E-state index in [1.54, 1.807) is 11.8 Å². The molecule has 0 fully saturated rings. The molecule has 0 aliphatic heterocycles. The molecule has 0 aliphatic carbocycles. The van der Waals surface area contributed by atoms with Gasteiger partial charge in [-0.2, -0.15) is 0 Å². The van der Waals surface area contributed by atoms with Crippen LogP contribution in [0.2, 0.25) is 0 Å². The molecule has 0 saturated carbocycles. The summed E-state index contributed by atoms with van der Waals surface area (Å²) < 4.78 is 0. The van der Waals surface area contributed by atoms with Gasteiger partial charge in [0.1, 0.15) is 0 Å². The maximum atomic E-state index is 11.9. The molecular formula is C15H21NO3S. The first-order chi connectivity index (χ1) is 9.59. The number of thioether (sulfide) groups is 1. The lowest BCUT2D eigenvalue weighted by molar-refractivity contribution is -0.137. The Balaban J connectivity index is 2.14. The number of unbranched alkanes of at least 4 members (excludes halogenated alkanes) is 2.